The third-order valence-corrected chi connectivity index (χ3v) is 7.28. The highest BCUT2D eigenvalue weighted by Gasteiger charge is 2.20. The first-order valence-corrected chi connectivity index (χ1v) is 12.3. The van der Waals surface area contributed by atoms with E-state index < -0.39 is 9.84 Å². The summed E-state index contributed by atoms with van der Waals surface area (Å²) in [5.41, 5.74) is 2.04. The number of ether oxygens (including phenoxy) is 1. The molecule has 8 heteroatoms. The lowest BCUT2D eigenvalue weighted by Crippen LogP contribution is -2.06. The highest BCUT2D eigenvalue weighted by molar-refractivity contribution is 7.91. The fourth-order valence-corrected chi connectivity index (χ4v) is 5.04. The van der Waals surface area contributed by atoms with Gasteiger partial charge in [0.15, 0.2) is 5.78 Å². The summed E-state index contributed by atoms with van der Waals surface area (Å²) in [7, 11) is -3.65. The Labute approximate surface area is 193 Å². The fraction of sp³-hybridized carbons (Fsp3) is 0.240. The summed E-state index contributed by atoms with van der Waals surface area (Å²) >= 11 is 0. The Morgan fingerprint density at radius 1 is 1.09 bits per heavy atom. The van der Waals surface area contributed by atoms with Crippen molar-refractivity contribution in [1.82, 2.24) is 14.4 Å². The van der Waals surface area contributed by atoms with Gasteiger partial charge in [-0.25, -0.2) is 18.4 Å². The Morgan fingerprint density at radius 3 is 2.61 bits per heavy atom. The molecule has 0 fully saturated rings. The molecule has 0 aliphatic heterocycles. The molecule has 0 aliphatic rings. The van der Waals surface area contributed by atoms with Gasteiger partial charge in [0.1, 0.15) is 5.75 Å². The van der Waals surface area contributed by atoms with Crippen molar-refractivity contribution in [3.63, 3.8) is 0 Å². The fourth-order valence-electron chi connectivity index (χ4n) is 3.56. The summed E-state index contributed by atoms with van der Waals surface area (Å²) in [5.74, 6) is 1.17. The van der Waals surface area contributed by atoms with Crippen molar-refractivity contribution < 1.29 is 17.9 Å². The van der Waals surface area contributed by atoms with Gasteiger partial charge in [0.25, 0.3) is 0 Å². The topological polar surface area (TPSA) is 90.6 Å². The van der Waals surface area contributed by atoms with Gasteiger partial charge in [0.05, 0.1) is 22.0 Å². The Hall–Kier alpha value is -3.52. The predicted molar refractivity (Wildman–Crippen MR) is 124 cm³/mol. The molecule has 4 aromatic rings. The number of sulfone groups is 1. The zero-order valence-electron chi connectivity index (χ0n) is 18.6. The first kappa shape index (κ1) is 22.7. The van der Waals surface area contributed by atoms with Crippen LogP contribution in [0.2, 0.25) is 0 Å². The lowest BCUT2D eigenvalue weighted by Gasteiger charge is -2.11. The number of benzene rings is 2. The van der Waals surface area contributed by atoms with Crippen molar-refractivity contribution in [1.29, 1.82) is 0 Å². The van der Waals surface area contributed by atoms with Crippen molar-refractivity contribution in [2.45, 2.75) is 42.9 Å². The van der Waals surface area contributed by atoms with Gasteiger partial charge in [-0.1, -0.05) is 19.1 Å². The standard InChI is InChI=1S/C25H25N3O4S/c1-3-14-32-21-7-11-24(18(2)15-21)33(30,31)22-8-4-19(5-9-22)6-10-23(29)20-16-27-25-26-12-13-28(25)17-20/h4-5,7-9,11-13,15-17H,3,6,10,14H2,1-2H3. The molecule has 2 aromatic carbocycles. The van der Waals surface area contributed by atoms with Crippen LogP contribution in [0.3, 0.4) is 0 Å². The number of nitrogens with zero attached hydrogens (tertiary/aromatic N) is 3. The molecule has 0 radical (unpaired) electrons. The number of Topliss-reactive ketones (excluding diaryl/α,β-unsaturated/α-hetero) is 1. The van der Waals surface area contributed by atoms with Crippen LogP contribution in [0.15, 0.2) is 77.0 Å². The molecule has 0 saturated carbocycles. The molecule has 0 N–H and O–H groups in total. The van der Waals surface area contributed by atoms with E-state index in [1.54, 1.807) is 72.4 Å². The number of aryl methyl sites for hydroxylation is 2. The number of aromatic nitrogens is 3. The van der Waals surface area contributed by atoms with Crippen LogP contribution in [0.25, 0.3) is 5.78 Å². The number of hydrogen-bond donors (Lipinski definition) is 0. The van der Waals surface area contributed by atoms with Crippen LogP contribution in [-0.4, -0.2) is 35.2 Å². The molecular formula is C25H25N3O4S. The minimum absolute atomic E-state index is 0.0317. The maximum absolute atomic E-state index is 13.1. The van der Waals surface area contributed by atoms with Crippen LogP contribution in [-0.2, 0) is 16.3 Å². The second-order valence-electron chi connectivity index (χ2n) is 7.82. The summed E-state index contributed by atoms with van der Waals surface area (Å²) in [5, 5.41) is 0. The summed E-state index contributed by atoms with van der Waals surface area (Å²) in [6.45, 7) is 4.37. The molecule has 7 nitrogen and oxygen atoms in total. The van der Waals surface area contributed by atoms with E-state index in [2.05, 4.69) is 9.97 Å². The minimum atomic E-state index is -3.65. The number of carbonyl (C=O) groups excluding carboxylic acids is 1. The van der Waals surface area contributed by atoms with Crippen molar-refractivity contribution in [2.24, 2.45) is 0 Å². The molecule has 2 heterocycles. The maximum Gasteiger partial charge on any atom is 0.233 e. The van der Waals surface area contributed by atoms with E-state index >= 15 is 0 Å². The van der Waals surface area contributed by atoms with Crippen molar-refractivity contribution in [3.05, 3.63) is 83.9 Å². The summed E-state index contributed by atoms with van der Waals surface area (Å²) in [6.07, 6.45) is 8.30. The first-order chi connectivity index (χ1) is 15.9. The average Bonchev–Trinajstić information content (AvgIpc) is 3.29. The van der Waals surface area contributed by atoms with Gasteiger partial charge in [-0.15, -0.1) is 0 Å². The molecule has 4 rings (SSSR count). The molecule has 170 valence electrons. The van der Waals surface area contributed by atoms with E-state index in [4.69, 9.17) is 4.74 Å². The highest BCUT2D eigenvalue weighted by atomic mass is 32.2. The largest absolute Gasteiger partial charge is 0.494 e. The molecular weight excluding hydrogens is 438 g/mol. The van der Waals surface area contributed by atoms with Crippen LogP contribution < -0.4 is 4.74 Å². The normalized spacial score (nSPS) is 11.6. The van der Waals surface area contributed by atoms with Gasteiger partial charge in [0, 0.05) is 31.2 Å². The summed E-state index contributed by atoms with van der Waals surface area (Å²) < 4.78 is 33.5. The smallest absolute Gasteiger partial charge is 0.233 e. The van der Waals surface area contributed by atoms with E-state index in [1.807, 2.05) is 6.92 Å². The molecule has 0 atom stereocenters. The van der Waals surface area contributed by atoms with E-state index in [1.165, 1.54) is 6.20 Å². The second-order valence-corrected chi connectivity index (χ2v) is 9.74. The molecule has 0 aliphatic carbocycles. The first-order valence-electron chi connectivity index (χ1n) is 10.8. The monoisotopic (exact) mass is 463 g/mol. The number of ketones is 1. The lowest BCUT2D eigenvalue weighted by atomic mass is 10.0. The molecule has 33 heavy (non-hydrogen) atoms. The Kier molecular flexibility index (Phi) is 6.55. The van der Waals surface area contributed by atoms with Crippen molar-refractivity contribution >= 4 is 21.4 Å². The molecule has 2 aromatic heterocycles. The summed E-state index contributed by atoms with van der Waals surface area (Å²) in [4.78, 5) is 21.3. The third-order valence-electron chi connectivity index (χ3n) is 5.35. The van der Waals surface area contributed by atoms with Gasteiger partial charge in [0.2, 0.25) is 15.6 Å². The van der Waals surface area contributed by atoms with Crippen molar-refractivity contribution in [2.75, 3.05) is 6.61 Å². The van der Waals surface area contributed by atoms with Crippen LogP contribution >= 0.6 is 0 Å². The molecule has 0 unspecified atom stereocenters. The lowest BCUT2D eigenvalue weighted by molar-refractivity contribution is 0.0982. The van der Waals surface area contributed by atoms with Crippen LogP contribution in [0.5, 0.6) is 5.75 Å². The number of hydrogen-bond acceptors (Lipinski definition) is 6. The molecule has 0 saturated heterocycles. The van der Waals surface area contributed by atoms with Gasteiger partial charge >= 0.3 is 0 Å². The Balaban J connectivity index is 1.44. The quantitative estimate of drug-likeness (QED) is 0.340. The van der Waals surface area contributed by atoms with Gasteiger partial charge in [-0.2, -0.15) is 0 Å². The van der Waals surface area contributed by atoms with E-state index in [-0.39, 0.29) is 15.6 Å². The summed E-state index contributed by atoms with van der Waals surface area (Å²) in [6, 6.07) is 11.7. The van der Waals surface area contributed by atoms with E-state index in [0.29, 0.717) is 42.1 Å². The number of fused-ring (bicyclic) bond motifs is 1. The van der Waals surface area contributed by atoms with Gasteiger partial charge in [-0.05, 0) is 61.2 Å². The van der Waals surface area contributed by atoms with Crippen molar-refractivity contribution in [3.8, 4) is 5.75 Å². The molecule has 0 spiro atoms. The number of imidazole rings is 1. The zero-order chi connectivity index (χ0) is 23.4. The Morgan fingerprint density at radius 2 is 1.88 bits per heavy atom. The van der Waals surface area contributed by atoms with E-state index in [9.17, 15) is 13.2 Å². The molecule has 0 bridgehead atoms. The maximum atomic E-state index is 13.1. The molecule has 0 amide bonds. The van der Waals surface area contributed by atoms with Crippen LogP contribution in [0.1, 0.15) is 41.3 Å². The zero-order valence-corrected chi connectivity index (χ0v) is 19.4. The van der Waals surface area contributed by atoms with Crippen LogP contribution in [0, 0.1) is 6.92 Å². The highest BCUT2D eigenvalue weighted by Crippen LogP contribution is 2.27. The predicted octanol–water partition coefficient (Wildman–Crippen LogP) is 4.47. The second kappa shape index (κ2) is 9.54. The minimum Gasteiger partial charge on any atom is -0.494 e. The number of rotatable bonds is 9. The number of carbonyl (C=O) groups is 1. The van der Waals surface area contributed by atoms with Gasteiger partial charge in [-0.3, -0.25) is 9.20 Å². The third kappa shape index (κ3) is 4.96. The van der Waals surface area contributed by atoms with Gasteiger partial charge < -0.3 is 4.74 Å². The SMILES string of the molecule is CCCOc1ccc(S(=O)(=O)c2ccc(CCC(=O)c3cnc4nccn4c3)cc2)c(C)c1. The van der Waals surface area contributed by atoms with E-state index in [0.717, 1.165) is 12.0 Å². The Bertz CT molecular complexity index is 1390. The van der Waals surface area contributed by atoms with Crippen LogP contribution in [0.4, 0.5) is 0 Å². The average molecular weight is 464 g/mol.